The minimum Gasteiger partial charge on any atom is -0.379 e. The minimum atomic E-state index is 0.233. The van der Waals surface area contributed by atoms with Gasteiger partial charge in [-0.3, -0.25) is 11.3 Å². The molecule has 1 aliphatic carbocycles. The number of nitrogens with two attached hydrogens (primary N) is 1. The first-order chi connectivity index (χ1) is 8.33. The molecule has 98 valence electrons. The molecule has 1 saturated carbocycles. The SMILES string of the molecule is C#CCCCC(NN)C(OC)C1CCCCC1. The van der Waals surface area contributed by atoms with Crippen molar-refractivity contribution in [2.24, 2.45) is 11.8 Å². The summed E-state index contributed by atoms with van der Waals surface area (Å²) in [4.78, 5) is 0. The molecule has 0 bridgehead atoms. The van der Waals surface area contributed by atoms with E-state index < -0.39 is 0 Å². The van der Waals surface area contributed by atoms with Crippen LogP contribution in [0.15, 0.2) is 0 Å². The highest BCUT2D eigenvalue weighted by molar-refractivity contribution is 4.87. The number of rotatable bonds is 7. The fourth-order valence-corrected chi connectivity index (χ4v) is 2.91. The average Bonchev–Trinajstić information content (AvgIpc) is 2.39. The van der Waals surface area contributed by atoms with Crippen LogP contribution in [0.4, 0.5) is 0 Å². The summed E-state index contributed by atoms with van der Waals surface area (Å²) in [5, 5.41) is 0. The van der Waals surface area contributed by atoms with Crippen LogP contribution in [0, 0.1) is 18.3 Å². The van der Waals surface area contributed by atoms with Gasteiger partial charge in [-0.25, -0.2) is 0 Å². The first-order valence-electron chi connectivity index (χ1n) is 6.75. The van der Waals surface area contributed by atoms with Gasteiger partial charge >= 0.3 is 0 Å². The molecule has 0 aliphatic heterocycles. The predicted molar refractivity (Wildman–Crippen MR) is 71.2 cm³/mol. The summed E-state index contributed by atoms with van der Waals surface area (Å²) in [5.74, 6) is 8.98. The Bertz CT molecular complexity index is 231. The third kappa shape index (κ3) is 4.67. The van der Waals surface area contributed by atoms with Crippen LogP contribution < -0.4 is 11.3 Å². The summed E-state index contributed by atoms with van der Waals surface area (Å²) < 4.78 is 5.68. The smallest absolute Gasteiger partial charge is 0.0765 e. The molecule has 1 fully saturated rings. The predicted octanol–water partition coefficient (Wildman–Crippen LogP) is 2.22. The number of hydrogen-bond acceptors (Lipinski definition) is 3. The van der Waals surface area contributed by atoms with Crippen LogP contribution in [0.2, 0.25) is 0 Å². The molecule has 1 aliphatic rings. The molecule has 0 aromatic rings. The first-order valence-corrected chi connectivity index (χ1v) is 6.75. The van der Waals surface area contributed by atoms with Gasteiger partial charge in [0.15, 0.2) is 0 Å². The highest BCUT2D eigenvalue weighted by atomic mass is 16.5. The van der Waals surface area contributed by atoms with Crippen LogP contribution in [0.3, 0.4) is 0 Å². The molecular formula is C14H26N2O. The molecule has 1 rings (SSSR count). The Kier molecular flexibility index (Phi) is 7.27. The second-order valence-corrected chi connectivity index (χ2v) is 4.97. The van der Waals surface area contributed by atoms with Gasteiger partial charge in [0.05, 0.1) is 6.10 Å². The monoisotopic (exact) mass is 238 g/mol. The summed E-state index contributed by atoms with van der Waals surface area (Å²) >= 11 is 0. The zero-order valence-corrected chi connectivity index (χ0v) is 11.0. The highest BCUT2D eigenvalue weighted by Crippen LogP contribution is 2.30. The number of hydrazine groups is 1. The number of unbranched alkanes of at least 4 members (excludes halogenated alkanes) is 1. The largest absolute Gasteiger partial charge is 0.379 e. The lowest BCUT2D eigenvalue weighted by Crippen LogP contribution is -2.48. The molecule has 0 heterocycles. The average molecular weight is 238 g/mol. The zero-order chi connectivity index (χ0) is 12.5. The van der Waals surface area contributed by atoms with Gasteiger partial charge in [0.25, 0.3) is 0 Å². The molecule has 0 radical (unpaired) electrons. The molecule has 17 heavy (non-hydrogen) atoms. The lowest BCUT2D eigenvalue weighted by molar-refractivity contribution is 0.00570. The number of hydrogen-bond donors (Lipinski definition) is 2. The van der Waals surface area contributed by atoms with Crippen molar-refractivity contribution in [2.75, 3.05) is 7.11 Å². The normalized spacial score (nSPS) is 20.8. The van der Waals surface area contributed by atoms with Gasteiger partial charge in [0, 0.05) is 19.6 Å². The number of terminal acetylenes is 1. The second kappa shape index (κ2) is 8.52. The van der Waals surface area contributed by atoms with Gasteiger partial charge in [-0.15, -0.1) is 12.3 Å². The van der Waals surface area contributed by atoms with E-state index in [1.807, 2.05) is 0 Å². The molecule has 0 amide bonds. The summed E-state index contributed by atoms with van der Waals surface area (Å²) in [6.45, 7) is 0. The van der Waals surface area contributed by atoms with Crippen molar-refractivity contribution < 1.29 is 4.74 Å². The first kappa shape index (κ1) is 14.5. The van der Waals surface area contributed by atoms with Crippen molar-refractivity contribution in [1.29, 1.82) is 0 Å². The van der Waals surface area contributed by atoms with Crippen LogP contribution in [0.5, 0.6) is 0 Å². The van der Waals surface area contributed by atoms with Crippen molar-refractivity contribution in [1.82, 2.24) is 5.43 Å². The van der Waals surface area contributed by atoms with Gasteiger partial charge in [-0.2, -0.15) is 0 Å². The minimum absolute atomic E-state index is 0.233. The van der Waals surface area contributed by atoms with Crippen molar-refractivity contribution in [3.8, 4) is 12.3 Å². The summed E-state index contributed by atoms with van der Waals surface area (Å²) in [5.41, 5.74) is 2.92. The van der Waals surface area contributed by atoms with Crippen LogP contribution in [-0.4, -0.2) is 19.3 Å². The molecule has 0 aromatic heterocycles. The number of nitrogens with one attached hydrogen (secondary N) is 1. The topological polar surface area (TPSA) is 47.3 Å². The molecule has 2 atom stereocenters. The van der Waals surface area contributed by atoms with E-state index in [1.165, 1.54) is 32.1 Å². The third-order valence-electron chi connectivity index (χ3n) is 3.83. The lowest BCUT2D eigenvalue weighted by atomic mass is 9.81. The van der Waals surface area contributed by atoms with E-state index in [-0.39, 0.29) is 12.1 Å². The van der Waals surface area contributed by atoms with Crippen LogP contribution in [-0.2, 0) is 4.74 Å². The number of methoxy groups -OCH3 is 1. The Labute approximate surface area is 105 Å². The zero-order valence-electron chi connectivity index (χ0n) is 11.0. The van der Waals surface area contributed by atoms with Gasteiger partial charge in [0.2, 0.25) is 0 Å². The number of ether oxygens (including phenoxy) is 1. The quantitative estimate of drug-likeness (QED) is 0.309. The van der Waals surface area contributed by atoms with Gasteiger partial charge in [-0.1, -0.05) is 19.3 Å². The van der Waals surface area contributed by atoms with E-state index >= 15 is 0 Å². The van der Waals surface area contributed by atoms with Crippen molar-refractivity contribution in [3.05, 3.63) is 0 Å². The van der Waals surface area contributed by atoms with Gasteiger partial charge in [-0.05, 0) is 31.6 Å². The molecule has 3 nitrogen and oxygen atoms in total. The van der Waals surface area contributed by atoms with E-state index in [0.717, 1.165) is 19.3 Å². The maximum atomic E-state index is 5.68. The Hall–Kier alpha value is -0.560. The summed E-state index contributed by atoms with van der Waals surface area (Å²) in [6, 6.07) is 0.233. The van der Waals surface area contributed by atoms with E-state index in [1.54, 1.807) is 7.11 Å². The lowest BCUT2D eigenvalue weighted by Gasteiger charge is -2.34. The Morgan fingerprint density at radius 1 is 1.41 bits per heavy atom. The van der Waals surface area contributed by atoms with E-state index in [0.29, 0.717) is 5.92 Å². The van der Waals surface area contributed by atoms with E-state index in [4.69, 9.17) is 17.0 Å². The summed E-state index contributed by atoms with van der Waals surface area (Å²) in [7, 11) is 1.80. The third-order valence-corrected chi connectivity index (χ3v) is 3.83. The molecule has 2 unspecified atom stereocenters. The molecule has 0 saturated heterocycles. The summed E-state index contributed by atoms with van der Waals surface area (Å²) in [6.07, 6.45) is 14.9. The van der Waals surface area contributed by atoms with E-state index in [2.05, 4.69) is 11.3 Å². The van der Waals surface area contributed by atoms with Crippen molar-refractivity contribution in [3.63, 3.8) is 0 Å². The Morgan fingerprint density at radius 3 is 2.65 bits per heavy atom. The van der Waals surface area contributed by atoms with E-state index in [9.17, 15) is 0 Å². The van der Waals surface area contributed by atoms with Crippen LogP contribution >= 0.6 is 0 Å². The molecular weight excluding hydrogens is 212 g/mol. The van der Waals surface area contributed by atoms with Gasteiger partial charge in [0.1, 0.15) is 0 Å². The standard InChI is InChI=1S/C14H26N2O/c1-3-4-6-11-13(16-15)14(17-2)12-9-7-5-8-10-12/h1,12-14,16H,4-11,15H2,2H3. The maximum Gasteiger partial charge on any atom is 0.0765 e. The van der Waals surface area contributed by atoms with Crippen LogP contribution in [0.25, 0.3) is 0 Å². The Morgan fingerprint density at radius 2 is 2.12 bits per heavy atom. The molecule has 0 aromatic carbocycles. The van der Waals surface area contributed by atoms with Gasteiger partial charge < -0.3 is 4.74 Å². The van der Waals surface area contributed by atoms with Crippen molar-refractivity contribution >= 4 is 0 Å². The highest BCUT2D eigenvalue weighted by Gasteiger charge is 2.29. The fraction of sp³-hybridized carbons (Fsp3) is 0.857. The van der Waals surface area contributed by atoms with Crippen LogP contribution in [0.1, 0.15) is 51.4 Å². The van der Waals surface area contributed by atoms with Crippen molar-refractivity contribution in [2.45, 2.75) is 63.5 Å². The fourth-order valence-electron chi connectivity index (χ4n) is 2.91. The molecule has 3 N–H and O–H groups in total. The second-order valence-electron chi connectivity index (χ2n) is 4.97. The maximum absolute atomic E-state index is 5.68. The molecule has 3 heteroatoms. The molecule has 0 spiro atoms. The Balaban J connectivity index is 2.46.